The summed E-state index contributed by atoms with van der Waals surface area (Å²) < 4.78 is 56.2. The topological polar surface area (TPSA) is 454 Å². The molecule has 0 unspecified atom stereocenters. The second-order valence-electron chi connectivity index (χ2n) is 17.9. The standard InChI is InChI=1S/C46H54O28/c1-14-28(51)33(56)37(60)43(67-14)66-13-27-32(55)36(59)40(63)46(74-27)71-24-10-19-20(48)8-18(9-23(19)70-41(24)16-6-21(49)29(52)22(50)7-16)69-45-39(62)35(58)31(54)26(73-45)12-65-42(64)15-2-4-17(5-3-15)68-44-38(61)34(57)30(53)25(11-47)72-44/h2-10,14,25-28,30-40,43-47,49-63H,11-13H2,1H3/t14-,25+,26+,27+,28-,30+,31+,32+,33+,34-,35-,36-,37+,38+,39+,40+,43+,44+,45+,46+/m0/s1. The summed E-state index contributed by atoms with van der Waals surface area (Å²) in [7, 11) is 0. The van der Waals surface area contributed by atoms with E-state index in [2.05, 4.69) is 0 Å². The van der Waals surface area contributed by atoms with Crippen molar-refractivity contribution in [1.82, 2.24) is 0 Å². The molecule has 0 aromatic heterocycles. The van der Waals surface area contributed by atoms with Gasteiger partial charge in [0.1, 0.15) is 115 Å². The van der Waals surface area contributed by atoms with Crippen LogP contribution in [0.15, 0.2) is 63.8 Å². The third kappa shape index (κ3) is 11.0. The molecule has 20 atom stereocenters. The number of benzene rings is 3. The molecule has 0 saturated carbocycles. The number of hydrogen-bond donors (Lipinski definition) is 16. The van der Waals surface area contributed by atoms with Crippen LogP contribution in [0, 0.1) is 0 Å². The number of esters is 1. The van der Waals surface area contributed by atoms with Crippen molar-refractivity contribution in [2.45, 2.75) is 130 Å². The molecular weight excluding hydrogens is 1000 g/mol. The number of aliphatic hydroxyl groups excluding tert-OH is 13. The molecule has 74 heavy (non-hydrogen) atoms. The zero-order valence-electron chi connectivity index (χ0n) is 38.4. The van der Waals surface area contributed by atoms with Gasteiger partial charge in [0.15, 0.2) is 40.5 Å². The maximum absolute atomic E-state index is 13.7. The summed E-state index contributed by atoms with van der Waals surface area (Å²) in [6.07, 6.45) is -33.8. The van der Waals surface area contributed by atoms with Crippen molar-refractivity contribution >= 4 is 5.97 Å². The smallest absolute Gasteiger partial charge is 0.338 e. The molecule has 28 heteroatoms. The second kappa shape index (κ2) is 22.3. The van der Waals surface area contributed by atoms with Crippen LogP contribution >= 0.6 is 0 Å². The first-order chi connectivity index (χ1) is 35.1. The number of aliphatic hydroxyl groups is 13. The lowest BCUT2D eigenvalue weighted by Crippen LogP contribution is -2.61. The predicted octanol–water partition coefficient (Wildman–Crippen LogP) is -5.22. The zero-order valence-corrected chi connectivity index (χ0v) is 38.4. The van der Waals surface area contributed by atoms with Crippen molar-refractivity contribution in [1.29, 1.82) is 0 Å². The number of carbonyl (C=O) groups is 1. The van der Waals surface area contributed by atoms with E-state index in [9.17, 15) is 91.3 Å². The first-order valence-electron chi connectivity index (χ1n) is 22.7. The van der Waals surface area contributed by atoms with Crippen molar-refractivity contribution in [3.05, 3.63) is 70.4 Å². The predicted molar refractivity (Wildman–Crippen MR) is 236 cm³/mol. The van der Waals surface area contributed by atoms with Gasteiger partial charge in [0, 0.05) is 17.7 Å². The molecule has 0 amide bonds. The summed E-state index contributed by atoms with van der Waals surface area (Å²) in [5.41, 5.74) is -1.48. The van der Waals surface area contributed by atoms with Gasteiger partial charge in [-0.05, 0) is 49.4 Å². The van der Waals surface area contributed by atoms with Gasteiger partial charge in [0.25, 0.3) is 0 Å². The minimum absolute atomic E-state index is 0.0312. The molecule has 4 saturated heterocycles. The van der Waals surface area contributed by atoms with Crippen LogP contribution in [-0.2, 0) is 28.4 Å². The fourth-order valence-electron chi connectivity index (χ4n) is 8.37. The average Bonchev–Trinajstić information content (AvgIpc) is 3.38. The van der Waals surface area contributed by atoms with Gasteiger partial charge in [-0.25, -0.2) is 4.79 Å². The molecule has 406 valence electrons. The van der Waals surface area contributed by atoms with Crippen LogP contribution < -0.4 is 19.6 Å². The number of aromatic hydroxyl groups is 3. The van der Waals surface area contributed by atoms with Crippen LogP contribution in [0.4, 0.5) is 0 Å². The Balaban J connectivity index is 0.984. The maximum Gasteiger partial charge on any atom is 0.338 e. The van der Waals surface area contributed by atoms with Crippen LogP contribution in [-0.4, -0.2) is 230 Å². The third-order valence-electron chi connectivity index (χ3n) is 12.8. The van der Waals surface area contributed by atoms with Crippen molar-refractivity contribution < 1.29 is 134 Å². The van der Waals surface area contributed by atoms with Gasteiger partial charge in [0.05, 0.1) is 30.4 Å². The SMILES string of the molecule is C[C@@H]1O[C@@H](OC[C@H]2O[C@@H](Oc3cc4c(=O)cc(O[C@@H]5O[C@H](COC(=O)c6ccc(O[C@@H]7O[C@H](CO)[C@@H](O)[C@H](O)[C@H]7O)cc6)[C@@H](O)[C@H](O)[C@H]5O)cc-4oc3-c3cc(O)c(O)c(O)c3)[C@H](O)[C@@H](O)[C@@H]2O)[C@H](O)[C@H](O)[C@H]1O. The molecule has 0 radical (unpaired) electrons. The summed E-state index contributed by atoms with van der Waals surface area (Å²) in [5.74, 6) is -5.26. The number of ether oxygens (including phenoxy) is 9. The van der Waals surface area contributed by atoms with Gasteiger partial charge in [0.2, 0.25) is 18.9 Å². The average molecular weight is 1050 g/mol. The number of fused-ring (bicyclic) bond motifs is 1. The Morgan fingerprint density at radius 3 is 1.62 bits per heavy atom. The lowest BCUT2D eigenvalue weighted by molar-refractivity contribution is -0.318. The molecule has 1 aliphatic carbocycles. The number of carbonyl (C=O) groups excluding carboxylic acids is 1. The summed E-state index contributed by atoms with van der Waals surface area (Å²) >= 11 is 0. The van der Waals surface area contributed by atoms with Crippen molar-refractivity contribution in [3.63, 3.8) is 0 Å². The summed E-state index contributed by atoms with van der Waals surface area (Å²) in [4.78, 5) is 26.8. The monoisotopic (exact) mass is 1050 g/mol. The molecule has 0 bridgehead atoms. The Bertz CT molecular complexity index is 2570. The highest BCUT2D eigenvalue weighted by Crippen LogP contribution is 2.45. The minimum Gasteiger partial charge on any atom is -0.504 e. The van der Waals surface area contributed by atoms with E-state index in [1.807, 2.05) is 0 Å². The lowest BCUT2D eigenvalue weighted by Gasteiger charge is -2.42. The molecule has 2 aromatic rings. The Hall–Kier alpha value is -5.58. The van der Waals surface area contributed by atoms with Crippen molar-refractivity contribution in [2.75, 3.05) is 19.8 Å². The van der Waals surface area contributed by atoms with Gasteiger partial charge >= 0.3 is 5.97 Å². The molecule has 0 spiro atoms. The molecular formula is C46H54O28. The van der Waals surface area contributed by atoms with Crippen LogP contribution in [0.5, 0.6) is 34.5 Å². The number of hydrogen-bond acceptors (Lipinski definition) is 28. The Kier molecular flexibility index (Phi) is 16.5. The second-order valence-corrected chi connectivity index (χ2v) is 17.9. The third-order valence-corrected chi connectivity index (χ3v) is 12.8. The van der Waals surface area contributed by atoms with Crippen LogP contribution in [0.25, 0.3) is 22.6 Å². The quantitative estimate of drug-likeness (QED) is 0.0414. The highest BCUT2D eigenvalue weighted by Gasteiger charge is 2.49. The first-order valence-corrected chi connectivity index (χ1v) is 22.7. The fraction of sp³-hybridized carbons (Fsp3) is 0.522. The van der Waals surface area contributed by atoms with Crippen LogP contribution in [0.1, 0.15) is 17.3 Å². The Labute approximate surface area is 416 Å². The summed E-state index contributed by atoms with van der Waals surface area (Å²) in [6.45, 7) is -0.702. The van der Waals surface area contributed by atoms with E-state index in [4.69, 9.17) is 47.0 Å². The molecule has 2 aromatic carbocycles. The van der Waals surface area contributed by atoms with Crippen LogP contribution in [0.2, 0.25) is 0 Å². The molecule has 5 heterocycles. The van der Waals surface area contributed by atoms with Gasteiger partial charge in [-0.2, -0.15) is 0 Å². The van der Waals surface area contributed by atoms with Crippen molar-refractivity contribution in [2.24, 2.45) is 0 Å². The summed E-state index contributed by atoms with van der Waals surface area (Å²) in [6, 6.07) is 9.86. The number of rotatable bonds is 14. The van der Waals surface area contributed by atoms with Gasteiger partial charge in [-0.1, -0.05) is 0 Å². The van der Waals surface area contributed by atoms with E-state index in [1.54, 1.807) is 0 Å². The van der Waals surface area contributed by atoms with E-state index in [0.717, 1.165) is 30.3 Å². The Morgan fingerprint density at radius 2 is 1.04 bits per heavy atom. The van der Waals surface area contributed by atoms with E-state index < -0.39 is 183 Å². The van der Waals surface area contributed by atoms with Gasteiger partial charge in [-0.3, -0.25) is 4.79 Å². The van der Waals surface area contributed by atoms with Crippen LogP contribution in [0.3, 0.4) is 0 Å². The fourth-order valence-corrected chi connectivity index (χ4v) is 8.37. The van der Waals surface area contributed by atoms with Gasteiger partial charge in [-0.15, -0.1) is 0 Å². The highest BCUT2D eigenvalue weighted by atomic mass is 16.7. The molecule has 6 aliphatic rings. The normalized spacial score (nSPS) is 36.5. The molecule has 28 nitrogen and oxygen atoms in total. The van der Waals surface area contributed by atoms with E-state index in [1.165, 1.54) is 31.2 Å². The van der Waals surface area contributed by atoms with Crippen molar-refractivity contribution in [3.8, 4) is 57.1 Å². The Morgan fingerprint density at radius 1 is 0.541 bits per heavy atom. The molecule has 8 rings (SSSR count). The minimum atomic E-state index is -2.03. The highest BCUT2D eigenvalue weighted by molar-refractivity contribution is 5.89. The largest absolute Gasteiger partial charge is 0.504 e. The zero-order chi connectivity index (χ0) is 53.6. The molecule has 4 fully saturated rings. The van der Waals surface area contributed by atoms with E-state index in [-0.39, 0.29) is 33.9 Å². The maximum atomic E-state index is 13.7. The summed E-state index contributed by atoms with van der Waals surface area (Å²) in [5, 5.41) is 166. The lowest BCUT2D eigenvalue weighted by atomic mass is 9.98. The number of phenolic OH excluding ortho intramolecular Hbond substituents is 3. The van der Waals surface area contributed by atoms with E-state index in [0.29, 0.717) is 0 Å². The van der Waals surface area contributed by atoms with E-state index >= 15 is 0 Å². The van der Waals surface area contributed by atoms with Gasteiger partial charge < -0.3 is 129 Å². The molecule has 16 N–H and O–H groups in total. The number of phenols is 3. The first kappa shape index (κ1) is 54.7. The molecule has 5 aliphatic heterocycles.